The molecule has 1 aromatic rings. The van der Waals surface area contributed by atoms with E-state index < -0.39 is 0 Å². The molecule has 1 nitrogen and oxygen atoms in total. The van der Waals surface area contributed by atoms with Gasteiger partial charge in [0.2, 0.25) is 0 Å². The Kier molecular flexibility index (Phi) is 4.01. The van der Waals surface area contributed by atoms with Gasteiger partial charge in [-0.15, -0.1) is 0 Å². The lowest BCUT2D eigenvalue weighted by Crippen LogP contribution is -1.90. The van der Waals surface area contributed by atoms with Crippen molar-refractivity contribution in [2.24, 2.45) is 0 Å². The van der Waals surface area contributed by atoms with Crippen LogP contribution in [0.5, 0.6) is 0 Å². The van der Waals surface area contributed by atoms with Crippen molar-refractivity contribution in [2.75, 3.05) is 0 Å². The lowest BCUT2D eigenvalue weighted by molar-refractivity contribution is 0.418. The molecule has 1 rings (SSSR count). The average molecular weight is 276 g/mol. The molecule has 0 heterocycles. The Balaban J connectivity index is 2.81. The molecular formula is C10H13IO. The van der Waals surface area contributed by atoms with E-state index in [-0.39, 0.29) is 0 Å². The average Bonchev–Trinajstić information content (AvgIpc) is 2.05. The number of hydrogen-bond acceptors (Lipinski definition) is 1. The molecule has 0 spiro atoms. The zero-order chi connectivity index (χ0) is 8.97. The zero-order valence-electron chi connectivity index (χ0n) is 7.38. The molecule has 0 radical (unpaired) electrons. The van der Waals surface area contributed by atoms with E-state index in [9.17, 15) is 0 Å². The maximum absolute atomic E-state index is 5.03. The SMILES string of the molecule is CC(C)c1cccc(COI)c1. The number of benzene rings is 1. The Bertz CT molecular complexity index is 245. The highest BCUT2D eigenvalue weighted by Crippen LogP contribution is 2.16. The van der Waals surface area contributed by atoms with Gasteiger partial charge < -0.3 is 3.07 Å². The minimum Gasteiger partial charge on any atom is -0.311 e. The summed E-state index contributed by atoms with van der Waals surface area (Å²) in [6.45, 7) is 5.09. The van der Waals surface area contributed by atoms with Gasteiger partial charge in [-0.3, -0.25) is 0 Å². The Morgan fingerprint density at radius 2 is 2.17 bits per heavy atom. The predicted molar refractivity (Wildman–Crippen MR) is 59.3 cm³/mol. The number of hydrogen-bond donors (Lipinski definition) is 0. The first-order valence-corrected chi connectivity index (χ1v) is 4.94. The molecule has 0 saturated heterocycles. The summed E-state index contributed by atoms with van der Waals surface area (Å²) < 4.78 is 5.03. The van der Waals surface area contributed by atoms with E-state index in [4.69, 9.17) is 3.07 Å². The highest BCUT2D eigenvalue weighted by atomic mass is 127. The van der Waals surface area contributed by atoms with Crippen molar-refractivity contribution in [2.45, 2.75) is 26.4 Å². The van der Waals surface area contributed by atoms with E-state index in [2.05, 4.69) is 38.1 Å². The summed E-state index contributed by atoms with van der Waals surface area (Å²) in [5, 5.41) is 0. The summed E-state index contributed by atoms with van der Waals surface area (Å²) in [6, 6.07) is 8.52. The molecule has 0 unspecified atom stereocenters. The normalized spacial score (nSPS) is 10.7. The predicted octanol–water partition coefficient (Wildman–Crippen LogP) is 3.68. The first kappa shape index (κ1) is 9.99. The van der Waals surface area contributed by atoms with Gasteiger partial charge in [0.1, 0.15) is 23.0 Å². The summed E-state index contributed by atoms with van der Waals surface area (Å²) >= 11 is 1.92. The molecule has 0 aliphatic rings. The number of halogens is 1. The monoisotopic (exact) mass is 276 g/mol. The van der Waals surface area contributed by atoms with Crippen molar-refractivity contribution >= 4 is 23.0 Å². The van der Waals surface area contributed by atoms with Crippen LogP contribution in [0.4, 0.5) is 0 Å². The van der Waals surface area contributed by atoms with E-state index in [1.807, 2.05) is 23.0 Å². The molecule has 12 heavy (non-hydrogen) atoms. The molecule has 0 atom stereocenters. The minimum absolute atomic E-state index is 0.596. The molecular weight excluding hydrogens is 263 g/mol. The van der Waals surface area contributed by atoms with Gasteiger partial charge in [0.05, 0.1) is 6.61 Å². The van der Waals surface area contributed by atoms with Crippen LogP contribution in [-0.4, -0.2) is 0 Å². The smallest absolute Gasteiger partial charge is 0.110 e. The molecule has 0 bridgehead atoms. The topological polar surface area (TPSA) is 9.23 Å². The molecule has 0 aliphatic carbocycles. The van der Waals surface area contributed by atoms with Gasteiger partial charge in [0.25, 0.3) is 0 Å². The van der Waals surface area contributed by atoms with E-state index in [0.29, 0.717) is 12.5 Å². The van der Waals surface area contributed by atoms with E-state index in [1.165, 1.54) is 11.1 Å². The van der Waals surface area contributed by atoms with Crippen LogP contribution in [0.15, 0.2) is 24.3 Å². The van der Waals surface area contributed by atoms with Crippen molar-refractivity contribution < 1.29 is 3.07 Å². The van der Waals surface area contributed by atoms with Gasteiger partial charge in [0.15, 0.2) is 0 Å². The second-order valence-corrected chi connectivity index (χ2v) is 3.78. The molecule has 0 fully saturated rings. The van der Waals surface area contributed by atoms with Crippen LogP contribution >= 0.6 is 23.0 Å². The van der Waals surface area contributed by atoms with Crippen LogP contribution in [0, 0.1) is 0 Å². The highest BCUT2D eigenvalue weighted by Gasteiger charge is 1.99. The van der Waals surface area contributed by atoms with Crippen LogP contribution in [0.1, 0.15) is 30.9 Å². The molecule has 0 N–H and O–H groups in total. The van der Waals surface area contributed by atoms with Crippen LogP contribution < -0.4 is 0 Å². The van der Waals surface area contributed by atoms with Crippen molar-refractivity contribution in [1.82, 2.24) is 0 Å². The first-order valence-electron chi connectivity index (χ1n) is 4.06. The van der Waals surface area contributed by atoms with Gasteiger partial charge >= 0.3 is 0 Å². The third kappa shape index (κ3) is 2.75. The quantitative estimate of drug-likeness (QED) is 0.765. The van der Waals surface area contributed by atoms with E-state index in [1.54, 1.807) is 0 Å². The summed E-state index contributed by atoms with van der Waals surface area (Å²) in [7, 11) is 0. The molecule has 2 heteroatoms. The van der Waals surface area contributed by atoms with E-state index in [0.717, 1.165) is 0 Å². The summed E-state index contributed by atoms with van der Waals surface area (Å²) in [4.78, 5) is 0. The van der Waals surface area contributed by atoms with E-state index >= 15 is 0 Å². The fourth-order valence-corrected chi connectivity index (χ4v) is 1.46. The van der Waals surface area contributed by atoms with Crippen LogP contribution in [0.25, 0.3) is 0 Å². The Hall–Kier alpha value is -0.0900. The zero-order valence-corrected chi connectivity index (χ0v) is 9.54. The fraction of sp³-hybridized carbons (Fsp3) is 0.400. The fourth-order valence-electron chi connectivity index (χ4n) is 1.11. The maximum Gasteiger partial charge on any atom is 0.110 e. The Morgan fingerprint density at radius 1 is 1.42 bits per heavy atom. The van der Waals surface area contributed by atoms with Crippen LogP contribution in [0.2, 0.25) is 0 Å². The third-order valence-electron chi connectivity index (χ3n) is 1.84. The summed E-state index contributed by atoms with van der Waals surface area (Å²) in [5.41, 5.74) is 2.62. The largest absolute Gasteiger partial charge is 0.311 e. The van der Waals surface area contributed by atoms with Crippen molar-refractivity contribution in [3.63, 3.8) is 0 Å². The molecule has 0 saturated carbocycles. The summed E-state index contributed by atoms with van der Waals surface area (Å²) in [5.74, 6) is 0.596. The van der Waals surface area contributed by atoms with Crippen LogP contribution in [0.3, 0.4) is 0 Å². The minimum atomic E-state index is 0.596. The molecule has 0 amide bonds. The molecule has 1 aromatic carbocycles. The molecule has 0 aromatic heterocycles. The van der Waals surface area contributed by atoms with Gasteiger partial charge in [-0.05, 0) is 17.0 Å². The lowest BCUT2D eigenvalue weighted by atomic mass is 10.0. The lowest BCUT2D eigenvalue weighted by Gasteiger charge is -2.06. The van der Waals surface area contributed by atoms with Gasteiger partial charge in [0, 0.05) is 0 Å². The van der Waals surface area contributed by atoms with Gasteiger partial charge in [-0.25, -0.2) is 0 Å². The highest BCUT2D eigenvalue weighted by molar-refractivity contribution is 14.1. The van der Waals surface area contributed by atoms with Crippen molar-refractivity contribution in [3.05, 3.63) is 35.4 Å². The van der Waals surface area contributed by atoms with Gasteiger partial charge in [-0.2, -0.15) is 0 Å². The molecule has 66 valence electrons. The first-order chi connectivity index (χ1) is 5.74. The maximum atomic E-state index is 5.03. The summed E-state index contributed by atoms with van der Waals surface area (Å²) in [6.07, 6.45) is 0. The van der Waals surface area contributed by atoms with Crippen LogP contribution in [-0.2, 0) is 9.67 Å². The Labute approximate surface area is 87.8 Å². The van der Waals surface area contributed by atoms with Crippen molar-refractivity contribution in [1.29, 1.82) is 0 Å². The van der Waals surface area contributed by atoms with Crippen molar-refractivity contribution in [3.8, 4) is 0 Å². The van der Waals surface area contributed by atoms with Gasteiger partial charge in [-0.1, -0.05) is 38.1 Å². The standard InChI is InChI=1S/C10H13IO/c1-8(2)10-5-3-4-9(6-10)7-12-11/h3-6,8H,7H2,1-2H3. The number of rotatable bonds is 3. The Morgan fingerprint density at radius 3 is 2.75 bits per heavy atom. The second-order valence-electron chi connectivity index (χ2n) is 3.15. The second kappa shape index (κ2) is 4.82. The molecule has 0 aliphatic heterocycles. The third-order valence-corrected chi connectivity index (χ3v) is 2.15.